The van der Waals surface area contributed by atoms with Crippen LogP contribution in [0.3, 0.4) is 0 Å². The molecule has 0 aliphatic carbocycles. The van der Waals surface area contributed by atoms with E-state index in [4.69, 9.17) is 35.7 Å². The Hall–Kier alpha value is -1.68. The van der Waals surface area contributed by atoms with Crippen LogP contribution in [0, 0.1) is 20.2 Å². The monoisotopic (exact) mass is 272 g/mol. The Morgan fingerprint density at radius 3 is 1.56 bits per heavy atom. The van der Waals surface area contributed by atoms with Gasteiger partial charge in [-0.1, -0.05) is 20.3 Å². The van der Waals surface area contributed by atoms with E-state index >= 15 is 0 Å². The third kappa shape index (κ3) is 47.4. The Bertz CT molecular complexity index is 193. The highest BCUT2D eigenvalue weighted by Crippen LogP contribution is 2.06. The molecule has 0 aliphatic rings. The molecule has 0 aromatic carbocycles. The lowest BCUT2D eigenvalue weighted by Crippen LogP contribution is -2.16. The molecule has 2 atom stereocenters. The fraction of sp³-hybridized carbons (Fsp3) is 1.00. The molecule has 2 unspecified atom stereocenters. The smallest absolute Gasteiger partial charge is 0.291 e. The summed E-state index contributed by atoms with van der Waals surface area (Å²) < 4.78 is 0. The Morgan fingerprint density at radius 1 is 1.00 bits per heavy atom. The van der Waals surface area contributed by atoms with E-state index in [9.17, 15) is 5.11 Å². The molecule has 0 aromatic rings. The van der Waals surface area contributed by atoms with E-state index in [0.29, 0.717) is 6.42 Å². The number of nitrogens with zero attached hydrogens (tertiary/aromatic N) is 2. The molecule has 4 N–H and O–H groups in total. The van der Waals surface area contributed by atoms with E-state index in [1.165, 1.54) is 0 Å². The highest BCUT2D eigenvalue weighted by Gasteiger charge is 2.08. The zero-order valence-electron chi connectivity index (χ0n) is 10.3. The summed E-state index contributed by atoms with van der Waals surface area (Å²) in [6.07, 6.45) is 2.43. The van der Waals surface area contributed by atoms with Gasteiger partial charge in [0.25, 0.3) is 10.2 Å². The molecule has 0 bridgehead atoms. The highest BCUT2D eigenvalue weighted by molar-refractivity contribution is 4.60. The minimum atomic E-state index is -1.50. The SMILES string of the molecule is CCCC(O)CC(O)CC.O=[N+]([O-])O.O=[N+]([O-])O. The lowest BCUT2D eigenvalue weighted by atomic mass is 10.1. The third-order valence-corrected chi connectivity index (χ3v) is 1.64. The minimum absolute atomic E-state index is 0.306. The first-order chi connectivity index (χ1) is 8.17. The van der Waals surface area contributed by atoms with E-state index in [1.54, 1.807) is 0 Å². The predicted molar refractivity (Wildman–Crippen MR) is 59.4 cm³/mol. The normalized spacial score (nSPS) is 12.0. The van der Waals surface area contributed by atoms with Gasteiger partial charge in [0.1, 0.15) is 0 Å². The van der Waals surface area contributed by atoms with E-state index in [0.717, 1.165) is 19.3 Å². The van der Waals surface area contributed by atoms with Crippen LogP contribution in [-0.2, 0) is 0 Å². The summed E-state index contributed by atoms with van der Waals surface area (Å²) in [5.74, 6) is 0. The van der Waals surface area contributed by atoms with Crippen molar-refractivity contribution in [1.29, 1.82) is 0 Å². The summed E-state index contributed by atoms with van der Waals surface area (Å²) in [5, 5.41) is 45.6. The van der Waals surface area contributed by atoms with E-state index in [-0.39, 0.29) is 12.2 Å². The van der Waals surface area contributed by atoms with E-state index < -0.39 is 10.2 Å². The largest absolute Gasteiger partial charge is 0.393 e. The molecule has 0 saturated carbocycles. The molecule has 0 amide bonds. The van der Waals surface area contributed by atoms with Crippen molar-refractivity contribution < 1.29 is 30.8 Å². The van der Waals surface area contributed by atoms with Crippen molar-refractivity contribution >= 4 is 0 Å². The molecule has 10 nitrogen and oxygen atoms in total. The zero-order valence-corrected chi connectivity index (χ0v) is 10.3. The standard InChI is InChI=1S/C8H18O2.2HNO3/c1-3-5-8(10)6-7(9)4-2;2*2-1(3)4/h7-10H,3-6H2,1-2H3;2*(H,2,3,4). The fourth-order valence-corrected chi connectivity index (χ4v) is 0.932. The summed E-state index contributed by atoms with van der Waals surface area (Å²) in [5.41, 5.74) is 0. The Kier molecular flexibility index (Phi) is 18.4. The van der Waals surface area contributed by atoms with E-state index in [1.807, 2.05) is 13.8 Å². The molecule has 0 radical (unpaired) electrons. The second-order valence-electron chi connectivity index (χ2n) is 3.22. The zero-order chi connectivity index (χ0) is 15.1. The maximum atomic E-state index is 9.19. The van der Waals surface area contributed by atoms with Crippen molar-refractivity contribution in [2.45, 2.75) is 51.7 Å². The molecule has 0 spiro atoms. The number of rotatable bonds is 5. The average Bonchev–Trinajstić information content (AvgIpc) is 2.15. The molecule has 0 heterocycles. The Morgan fingerprint density at radius 2 is 1.33 bits per heavy atom. The quantitative estimate of drug-likeness (QED) is 0.417. The number of hydrogen-bond donors (Lipinski definition) is 4. The summed E-state index contributed by atoms with van der Waals surface area (Å²) in [7, 11) is 0. The number of aliphatic hydroxyl groups is 2. The number of aliphatic hydroxyl groups excluding tert-OH is 2. The van der Waals surface area contributed by atoms with Crippen LogP contribution in [-0.4, -0.2) is 43.0 Å². The van der Waals surface area contributed by atoms with Crippen LogP contribution < -0.4 is 0 Å². The summed E-state index contributed by atoms with van der Waals surface area (Å²) in [6.45, 7) is 3.95. The van der Waals surface area contributed by atoms with Gasteiger partial charge in [-0.15, -0.1) is 20.2 Å². The van der Waals surface area contributed by atoms with Crippen LogP contribution in [0.1, 0.15) is 39.5 Å². The molecule has 10 heteroatoms. The van der Waals surface area contributed by atoms with Crippen molar-refractivity contribution in [3.8, 4) is 0 Å². The van der Waals surface area contributed by atoms with Gasteiger partial charge in [-0.2, -0.15) is 0 Å². The van der Waals surface area contributed by atoms with Gasteiger partial charge in [0, 0.05) is 0 Å². The molecule has 0 rings (SSSR count). The summed E-state index contributed by atoms with van der Waals surface area (Å²) in [4.78, 5) is 16.7. The Balaban J connectivity index is -0.000000233. The first-order valence-corrected chi connectivity index (χ1v) is 5.19. The van der Waals surface area contributed by atoms with Crippen LogP contribution in [0.2, 0.25) is 0 Å². The minimum Gasteiger partial charge on any atom is -0.393 e. The van der Waals surface area contributed by atoms with Crippen molar-refractivity contribution in [2.75, 3.05) is 0 Å². The average molecular weight is 272 g/mol. The first-order valence-electron chi connectivity index (χ1n) is 5.19. The van der Waals surface area contributed by atoms with Crippen LogP contribution in [0.15, 0.2) is 0 Å². The van der Waals surface area contributed by atoms with Crippen molar-refractivity contribution in [2.24, 2.45) is 0 Å². The fourth-order valence-electron chi connectivity index (χ4n) is 0.932. The van der Waals surface area contributed by atoms with Gasteiger partial charge in [0.15, 0.2) is 0 Å². The van der Waals surface area contributed by atoms with Crippen LogP contribution in [0.4, 0.5) is 0 Å². The predicted octanol–water partition coefficient (Wildman–Crippen LogP) is 0.613. The van der Waals surface area contributed by atoms with Crippen LogP contribution in [0.25, 0.3) is 0 Å². The first kappa shape index (κ1) is 21.6. The lowest BCUT2D eigenvalue weighted by Gasteiger charge is -2.12. The molecular weight excluding hydrogens is 252 g/mol. The molecular formula is C8H20N2O8. The second kappa shape index (κ2) is 15.3. The maximum Gasteiger partial charge on any atom is 0.291 e. The van der Waals surface area contributed by atoms with E-state index in [2.05, 4.69) is 0 Å². The van der Waals surface area contributed by atoms with Gasteiger partial charge in [0.05, 0.1) is 12.2 Å². The summed E-state index contributed by atoms with van der Waals surface area (Å²) >= 11 is 0. The van der Waals surface area contributed by atoms with Crippen molar-refractivity contribution in [1.82, 2.24) is 0 Å². The van der Waals surface area contributed by atoms with Gasteiger partial charge in [0.2, 0.25) is 0 Å². The lowest BCUT2D eigenvalue weighted by molar-refractivity contribution is -0.742. The molecule has 0 aromatic heterocycles. The second-order valence-corrected chi connectivity index (χ2v) is 3.22. The molecule has 0 saturated heterocycles. The Labute approximate surface area is 104 Å². The molecule has 110 valence electrons. The molecule has 18 heavy (non-hydrogen) atoms. The van der Waals surface area contributed by atoms with Gasteiger partial charge in [-0.05, 0) is 19.3 Å². The van der Waals surface area contributed by atoms with Crippen molar-refractivity contribution in [3.05, 3.63) is 20.2 Å². The van der Waals surface area contributed by atoms with Gasteiger partial charge in [-0.25, -0.2) is 0 Å². The van der Waals surface area contributed by atoms with Crippen molar-refractivity contribution in [3.63, 3.8) is 0 Å². The molecule has 0 aliphatic heterocycles. The van der Waals surface area contributed by atoms with Gasteiger partial charge < -0.3 is 20.6 Å². The van der Waals surface area contributed by atoms with Gasteiger partial charge >= 0.3 is 0 Å². The van der Waals surface area contributed by atoms with Crippen LogP contribution >= 0.6 is 0 Å². The highest BCUT2D eigenvalue weighted by atomic mass is 16.9. The molecule has 0 fully saturated rings. The number of hydrogen-bond acceptors (Lipinski definition) is 6. The summed E-state index contributed by atoms with van der Waals surface area (Å²) in [6, 6.07) is 0. The third-order valence-electron chi connectivity index (χ3n) is 1.64. The van der Waals surface area contributed by atoms with Crippen LogP contribution in [0.5, 0.6) is 0 Å². The topological polar surface area (TPSA) is 167 Å². The van der Waals surface area contributed by atoms with Gasteiger partial charge in [-0.3, -0.25) is 0 Å². The maximum absolute atomic E-state index is 9.19.